The van der Waals surface area contributed by atoms with Gasteiger partial charge in [0.15, 0.2) is 29.3 Å². The second-order valence-electron chi connectivity index (χ2n) is 6.44. The van der Waals surface area contributed by atoms with Crippen molar-refractivity contribution < 1.29 is 18.7 Å². The van der Waals surface area contributed by atoms with Crippen molar-refractivity contribution in [2.45, 2.75) is 31.8 Å². The number of oxazole rings is 1. The number of hydrogen-bond donors (Lipinski definition) is 2. The monoisotopic (exact) mass is 343 g/mol. The predicted molar refractivity (Wildman–Crippen MR) is 90.9 cm³/mol. The smallest absolute Gasteiger partial charge is 0.274 e. The van der Waals surface area contributed by atoms with Gasteiger partial charge in [-0.2, -0.15) is 0 Å². The maximum Gasteiger partial charge on any atom is 0.274 e. The van der Waals surface area contributed by atoms with Crippen molar-refractivity contribution in [3.05, 3.63) is 30.3 Å². The number of carbonyl (C=O) groups excluding carboxylic acids is 1. The summed E-state index contributed by atoms with van der Waals surface area (Å²) in [5, 5.41) is 6.44. The first-order valence-corrected chi connectivity index (χ1v) is 8.58. The Bertz CT molecular complexity index is 773. The minimum absolute atomic E-state index is 0.147. The van der Waals surface area contributed by atoms with Crippen LogP contribution in [0.1, 0.15) is 30.3 Å². The molecule has 7 heteroatoms. The highest BCUT2D eigenvalue weighted by molar-refractivity contribution is 5.97. The Morgan fingerprint density at radius 2 is 2.12 bits per heavy atom. The van der Waals surface area contributed by atoms with Gasteiger partial charge in [-0.15, -0.1) is 0 Å². The van der Waals surface area contributed by atoms with E-state index in [1.807, 2.05) is 18.2 Å². The van der Waals surface area contributed by atoms with Crippen LogP contribution in [-0.2, 0) is 0 Å². The number of amides is 1. The molecule has 1 fully saturated rings. The Kier molecular flexibility index (Phi) is 4.31. The number of piperidine rings is 1. The van der Waals surface area contributed by atoms with Gasteiger partial charge in [-0.1, -0.05) is 0 Å². The topological polar surface area (TPSA) is 85.6 Å². The van der Waals surface area contributed by atoms with E-state index in [2.05, 4.69) is 22.5 Å². The lowest BCUT2D eigenvalue weighted by Gasteiger charge is -2.28. The average molecular weight is 343 g/mol. The van der Waals surface area contributed by atoms with E-state index in [-0.39, 0.29) is 11.9 Å². The molecule has 4 rings (SSSR count). The molecule has 25 heavy (non-hydrogen) atoms. The third kappa shape index (κ3) is 3.32. The molecule has 2 aliphatic heterocycles. The van der Waals surface area contributed by atoms with Crippen LogP contribution in [0.4, 0.5) is 0 Å². The second-order valence-corrected chi connectivity index (χ2v) is 6.44. The molecule has 3 heterocycles. The fraction of sp³-hybridized carbons (Fsp3) is 0.444. The van der Waals surface area contributed by atoms with Crippen molar-refractivity contribution in [1.82, 2.24) is 15.6 Å². The van der Waals surface area contributed by atoms with E-state index in [4.69, 9.17) is 13.9 Å². The van der Waals surface area contributed by atoms with Crippen molar-refractivity contribution in [3.8, 4) is 22.8 Å². The summed E-state index contributed by atoms with van der Waals surface area (Å²) in [5.41, 5.74) is 1.04. The number of rotatable bonds is 3. The first kappa shape index (κ1) is 16.0. The van der Waals surface area contributed by atoms with Crippen molar-refractivity contribution >= 4 is 5.91 Å². The average Bonchev–Trinajstić information content (AvgIpc) is 3.11. The van der Waals surface area contributed by atoms with E-state index in [1.54, 1.807) is 0 Å². The highest BCUT2D eigenvalue weighted by Gasteiger charge is 2.25. The van der Waals surface area contributed by atoms with Crippen molar-refractivity contribution in [2.24, 2.45) is 0 Å². The van der Waals surface area contributed by atoms with Crippen LogP contribution in [0.15, 0.2) is 29.0 Å². The Labute approximate surface area is 145 Å². The van der Waals surface area contributed by atoms with Gasteiger partial charge in [-0.05, 0) is 44.5 Å². The molecule has 1 saturated heterocycles. The number of carbonyl (C=O) groups is 1. The van der Waals surface area contributed by atoms with Gasteiger partial charge in [-0.3, -0.25) is 4.79 Å². The van der Waals surface area contributed by atoms with Gasteiger partial charge in [0.05, 0.1) is 0 Å². The van der Waals surface area contributed by atoms with E-state index in [0.717, 1.165) is 24.9 Å². The van der Waals surface area contributed by atoms with Gasteiger partial charge in [0.2, 0.25) is 0 Å². The lowest BCUT2D eigenvalue weighted by atomic mass is 10.0. The molecule has 1 aromatic heterocycles. The van der Waals surface area contributed by atoms with Gasteiger partial charge in [0, 0.05) is 17.6 Å². The molecular weight excluding hydrogens is 322 g/mol. The van der Waals surface area contributed by atoms with Crippen LogP contribution >= 0.6 is 0 Å². The molecule has 1 aromatic carbocycles. The van der Waals surface area contributed by atoms with E-state index in [0.29, 0.717) is 42.2 Å². The van der Waals surface area contributed by atoms with Crippen LogP contribution in [-0.4, -0.2) is 42.7 Å². The highest BCUT2D eigenvalue weighted by Crippen LogP contribution is 2.35. The lowest BCUT2D eigenvalue weighted by Crippen LogP contribution is -2.46. The highest BCUT2D eigenvalue weighted by atomic mass is 16.6. The Hall–Kier alpha value is -2.54. The zero-order valence-corrected chi connectivity index (χ0v) is 14.1. The summed E-state index contributed by atoms with van der Waals surface area (Å²) in [6.45, 7) is 4.07. The molecule has 2 aliphatic rings. The van der Waals surface area contributed by atoms with Gasteiger partial charge >= 0.3 is 0 Å². The fourth-order valence-electron chi connectivity index (χ4n) is 3.31. The third-order valence-electron chi connectivity index (χ3n) is 4.55. The van der Waals surface area contributed by atoms with Crippen LogP contribution in [0.2, 0.25) is 0 Å². The molecule has 0 radical (unpaired) electrons. The van der Waals surface area contributed by atoms with E-state index in [1.165, 1.54) is 6.39 Å². The molecule has 0 spiro atoms. The molecule has 2 N–H and O–H groups in total. The first-order chi connectivity index (χ1) is 12.2. The van der Waals surface area contributed by atoms with Gasteiger partial charge in [0.1, 0.15) is 13.2 Å². The quantitative estimate of drug-likeness (QED) is 0.886. The van der Waals surface area contributed by atoms with Crippen LogP contribution in [0.25, 0.3) is 11.3 Å². The zero-order valence-electron chi connectivity index (χ0n) is 14.1. The van der Waals surface area contributed by atoms with E-state index in [9.17, 15) is 4.79 Å². The standard InChI is InChI=1S/C18H21N3O4/c1-11-8-13(4-5-19-11)21-18(22)16-17(25-10-20-16)12-2-3-14-15(9-12)24-7-6-23-14/h2-3,9-11,13,19H,4-8H2,1H3,(H,21,22). The number of nitrogens with zero attached hydrogens (tertiary/aromatic N) is 1. The van der Waals surface area contributed by atoms with Crippen LogP contribution in [0.5, 0.6) is 11.5 Å². The van der Waals surface area contributed by atoms with Gasteiger partial charge in [0.25, 0.3) is 5.91 Å². The summed E-state index contributed by atoms with van der Waals surface area (Å²) in [6, 6.07) is 6.03. The van der Waals surface area contributed by atoms with Gasteiger partial charge < -0.3 is 24.5 Å². The van der Waals surface area contributed by atoms with Crippen molar-refractivity contribution in [1.29, 1.82) is 0 Å². The maximum atomic E-state index is 12.7. The normalized spacial score (nSPS) is 22.4. The first-order valence-electron chi connectivity index (χ1n) is 8.58. The number of hydrogen-bond acceptors (Lipinski definition) is 6. The second kappa shape index (κ2) is 6.76. The molecule has 2 aromatic rings. The molecule has 0 saturated carbocycles. The minimum Gasteiger partial charge on any atom is -0.486 e. The molecule has 1 amide bonds. The Morgan fingerprint density at radius 3 is 2.96 bits per heavy atom. The number of ether oxygens (including phenoxy) is 2. The van der Waals surface area contributed by atoms with E-state index < -0.39 is 0 Å². The van der Waals surface area contributed by atoms with Crippen LogP contribution in [0.3, 0.4) is 0 Å². The fourth-order valence-corrected chi connectivity index (χ4v) is 3.31. The summed E-state index contributed by atoms with van der Waals surface area (Å²) in [6.07, 6.45) is 3.11. The summed E-state index contributed by atoms with van der Waals surface area (Å²) >= 11 is 0. The zero-order chi connectivity index (χ0) is 17.2. The summed E-state index contributed by atoms with van der Waals surface area (Å²) in [4.78, 5) is 16.8. The third-order valence-corrected chi connectivity index (χ3v) is 4.55. The molecule has 132 valence electrons. The maximum absolute atomic E-state index is 12.7. The minimum atomic E-state index is -0.210. The Balaban J connectivity index is 1.55. The Morgan fingerprint density at radius 1 is 1.28 bits per heavy atom. The summed E-state index contributed by atoms with van der Waals surface area (Å²) in [7, 11) is 0. The van der Waals surface area contributed by atoms with Crippen molar-refractivity contribution in [2.75, 3.05) is 19.8 Å². The van der Waals surface area contributed by atoms with Crippen molar-refractivity contribution in [3.63, 3.8) is 0 Å². The van der Waals surface area contributed by atoms with Gasteiger partial charge in [-0.25, -0.2) is 4.98 Å². The molecule has 2 unspecified atom stereocenters. The van der Waals surface area contributed by atoms with Crippen LogP contribution < -0.4 is 20.1 Å². The molecular formula is C18H21N3O4. The largest absolute Gasteiger partial charge is 0.486 e. The predicted octanol–water partition coefficient (Wildman–Crippen LogP) is 1.98. The van der Waals surface area contributed by atoms with E-state index >= 15 is 0 Å². The number of aromatic nitrogens is 1. The summed E-state index contributed by atoms with van der Waals surface area (Å²) < 4.78 is 16.6. The lowest BCUT2D eigenvalue weighted by molar-refractivity contribution is 0.0921. The van der Waals surface area contributed by atoms with Crippen LogP contribution in [0, 0.1) is 0 Å². The summed E-state index contributed by atoms with van der Waals surface area (Å²) in [5.74, 6) is 1.58. The molecule has 0 bridgehead atoms. The number of nitrogens with one attached hydrogen (secondary N) is 2. The number of fused-ring (bicyclic) bond motifs is 1. The molecule has 7 nitrogen and oxygen atoms in total. The molecule has 2 atom stereocenters. The molecule has 0 aliphatic carbocycles. The SMILES string of the molecule is CC1CC(NC(=O)c2ncoc2-c2ccc3c(c2)OCCO3)CCN1. The number of benzene rings is 1.